The van der Waals surface area contributed by atoms with Gasteiger partial charge in [-0.1, -0.05) is 0 Å². The maximum absolute atomic E-state index is 11.4. The van der Waals surface area contributed by atoms with Gasteiger partial charge in [0.05, 0.1) is 5.52 Å². The van der Waals surface area contributed by atoms with Crippen molar-refractivity contribution in [3.63, 3.8) is 0 Å². The summed E-state index contributed by atoms with van der Waals surface area (Å²) in [4.78, 5) is 11.4. The second-order valence-electron chi connectivity index (χ2n) is 3.19. The van der Waals surface area contributed by atoms with E-state index in [0.29, 0.717) is 11.1 Å². The van der Waals surface area contributed by atoms with Crippen molar-refractivity contribution in [2.75, 3.05) is 0 Å². The summed E-state index contributed by atoms with van der Waals surface area (Å²) >= 11 is 0. The van der Waals surface area contributed by atoms with E-state index in [1.807, 2.05) is 13.0 Å². The highest BCUT2D eigenvalue weighted by Gasteiger charge is 2.08. The zero-order valence-electron chi connectivity index (χ0n) is 7.44. The summed E-state index contributed by atoms with van der Waals surface area (Å²) in [7, 11) is 0. The predicted molar refractivity (Wildman–Crippen MR) is 50.3 cm³/mol. The Morgan fingerprint density at radius 3 is 3.14 bits per heavy atom. The van der Waals surface area contributed by atoms with Crippen LogP contribution in [0.4, 0.5) is 0 Å². The predicted octanol–water partition coefficient (Wildman–Crippen LogP) is 1.08. The third kappa shape index (κ3) is 0.783. The third-order valence-electron chi connectivity index (χ3n) is 2.22. The van der Waals surface area contributed by atoms with Crippen molar-refractivity contribution in [3.05, 3.63) is 34.6 Å². The lowest BCUT2D eigenvalue weighted by Gasteiger charge is -1.90. The molecule has 0 aromatic carbocycles. The van der Waals surface area contributed by atoms with Gasteiger partial charge >= 0.3 is 0 Å². The molecule has 0 amide bonds. The molecule has 0 aliphatic rings. The molecule has 0 aliphatic carbocycles. The average molecular weight is 189 g/mol. The molecule has 1 N–H and O–H groups in total. The lowest BCUT2D eigenvalue weighted by atomic mass is 10.4. The van der Waals surface area contributed by atoms with Crippen molar-refractivity contribution < 1.29 is 4.42 Å². The first kappa shape index (κ1) is 7.37. The van der Waals surface area contributed by atoms with Crippen LogP contribution >= 0.6 is 0 Å². The minimum atomic E-state index is -0.212. The van der Waals surface area contributed by atoms with E-state index in [2.05, 4.69) is 10.2 Å². The number of aryl methyl sites for hydroxylation is 1. The van der Waals surface area contributed by atoms with Crippen LogP contribution in [0.5, 0.6) is 0 Å². The fraction of sp³-hybridized carbons (Fsp3) is 0.111. The quantitative estimate of drug-likeness (QED) is 0.575. The Morgan fingerprint density at radius 1 is 1.43 bits per heavy atom. The number of hydrogen-bond donors (Lipinski definition) is 1. The summed E-state index contributed by atoms with van der Waals surface area (Å²) in [5.41, 5.74) is 1.92. The molecule has 3 aromatic heterocycles. The van der Waals surface area contributed by atoms with Crippen molar-refractivity contribution >= 4 is 16.6 Å². The lowest BCUT2D eigenvalue weighted by Crippen LogP contribution is -2.09. The minimum Gasteiger partial charge on any atom is -0.460 e. The standard InChI is InChI=1S/C9H7N3O2/c1-5-2-6-8(14-5)3-7-9(13)11-10-4-12(6)7/h2-4H,1H3,(H,11,13). The smallest absolute Gasteiger partial charge is 0.288 e. The Balaban J connectivity index is 2.65. The maximum atomic E-state index is 11.4. The number of nitrogens with zero attached hydrogens (tertiary/aromatic N) is 2. The molecule has 5 nitrogen and oxygen atoms in total. The zero-order chi connectivity index (χ0) is 9.71. The van der Waals surface area contributed by atoms with Gasteiger partial charge in [0, 0.05) is 12.1 Å². The van der Waals surface area contributed by atoms with E-state index >= 15 is 0 Å². The van der Waals surface area contributed by atoms with Gasteiger partial charge in [0.1, 0.15) is 17.6 Å². The summed E-state index contributed by atoms with van der Waals surface area (Å²) in [6.07, 6.45) is 1.56. The normalized spacial score (nSPS) is 11.5. The van der Waals surface area contributed by atoms with E-state index < -0.39 is 0 Å². The largest absolute Gasteiger partial charge is 0.460 e. The van der Waals surface area contributed by atoms with Crippen LogP contribution in [0.15, 0.2) is 27.7 Å². The topological polar surface area (TPSA) is 63.3 Å². The van der Waals surface area contributed by atoms with E-state index in [1.54, 1.807) is 16.8 Å². The van der Waals surface area contributed by atoms with E-state index in [9.17, 15) is 4.79 Å². The number of rotatable bonds is 0. The Bertz CT molecular complexity index is 674. The Kier molecular flexibility index (Phi) is 1.19. The van der Waals surface area contributed by atoms with Crippen LogP contribution in [-0.4, -0.2) is 14.6 Å². The van der Waals surface area contributed by atoms with Crippen LogP contribution in [-0.2, 0) is 0 Å². The number of hydrogen-bond acceptors (Lipinski definition) is 3. The molecule has 0 unspecified atom stereocenters. The fourth-order valence-electron chi connectivity index (χ4n) is 1.64. The van der Waals surface area contributed by atoms with Gasteiger partial charge in [0.15, 0.2) is 5.58 Å². The molecular formula is C9H7N3O2. The van der Waals surface area contributed by atoms with Crippen LogP contribution in [0, 0.1) is 6.92 Å². The van der Waals surface area contributed by atoms with Gasteiger partial charge in [-0.2, -0.15) is 5.10 Å². The third-order valence-corrected chi connectivity index (χ3v) is 2.22. The molecule has 0 radical (unpaired) electrons. The number of aromatic amines is 1. The van der Waals surface area contributed by atoms with Gasteiger partial charge in [-0.3, -0.25) is 9.20 Å². The minimum absolute atomic E-state index is 0.212. The van der Waals surface area contributed by atoms with Gasteiger partial charge in [0.2, 0.25) is 0 Å². The van der Waals surface area contributed by atoms with E-state index in [-0.39, 0.29) is 5.56 Å². The molecule has 3 rings (SSSR count). The molecule has 3 heterocycles. The maximum Gasteiger partial charge on any atom is 0.288 e. The number of aromatic nitrogens is 3. The first-order valence-electron chi connectivity index (χ1n) is 4.20. The van der Waals surface area contributed by atoms with Crippen molar-refractivity contribution in [2.24, 2.45) is 0 Å². The second-order valence-corrected chi connectivity index (χ2v) is 3.19. The monoisotopic (exact) mass is 189 g/mol. The lowest BCUT2D eigenvalue weighted by molar-refractivity contribution is 0.579. The highest BCUT2D eigenvalue weighted by molar-refractivity contribution is 5.82. The van der Waals surface area contributed by atoms with Gasteiger partial charge in [-0.15, -0.1) is 0 Å². The molecule has 0 spiro atoms. The van der Waals surface area contributed by atoms with E-state index in [4.69, 9.17) is 4.42 Å². The molecule has 14 heavy (non-hydrogen) atoms. The van der Waals surface area contributed by atoms with Gasteiger partial charge in [-0.25, -0.2) is 5.10 Å². The van der Waals surface area contributed by atoms with Crippen molar-refractivity contribution in [1.29, 1.82) is 0 Å². The Labute approximate surface area is 78.0 Å². The number of nitrogens with one attached hydrogen (secondary N) is 1. The fourth-order valence-corrected chi connectivity index (χ4v) is 1.64. The zero-order valence-corrected chi connectivity index (χ0v) is 7.44. The molecule has 70 valence electrons. The van der Waals surface area contributed by atoms with Crippen molar-refractivity contribution in [2.45, 2.75) is 6.92 Å². The molecule has 0 atom stereocenters. The first-order chi connectivity index (χ1) is 6.75. The SMILES string of the molecule is Cc1cc2c(cc3c(=O)[nH]ncn32)o1. The van der Waals surface area contributed by atoms with Crippen LogP contribution in [0.1, 0.15) is 5.76 Å². The average Bonchev–Trinajstić information content (AvgIpc) is 2.63. The van der Waals surface area contributed by atoms with Crippen molar-refractivity contribution in [1.82, 2.24) is 14.6 Å². The second kappa shape index (κ2) is 2.25. The molecule has 0 saturated heterocycles. The van der Waals surface area contributed by atoms with Gasteiger partial charge in [0.25, 0.3) is 5.56 Å². The summed E-state index contributed by atoms with van der Waals surface area (Å²) in [6, 6.07) is 3.59. The summed E-state index contributed by atoms with van der Waals surface area (Å²) in [5.74, 6) is 0.824. The van der Waals surface area contributed by atoms with Crippen LogP contribution < -0.4 is 5.56 Å². The first-order valence-corrected chi connectivity index (χ1v) is 4.20. The van der Waals surface area contributed by atoms with Crippen molar-refractivity contribution in [3.8, 4) is 0 Å². The van der Waals surface area contributed by atoms with Crippen LogP contribution in [0.3, 0.4) is 0 Å². The van der Waals surface area contributed by atoms with E-state index in [1.165, 1.54) is 0 Å². The molecule has 0 saturated carbocycles. The highest BCUT2D eigenvalue weighted by atomic mass is 16.3. The number of furan rings is 1. The van der Waals surface area contributed by atoms with Gasteiger partial charge in [-0.05, 0) is 6.92 Å². The van der Waals surface area contributed by atoms with Gasteiger partial charge < -0.3 is 4.42 Å². The molecule has 5 heteroatoms. The number of H-pyrrole nitrogens is 1. The highest BCUT2D eigenvalue weighted by Crippen LogP contribution is 2.20. The molecule has 0 bridgehead atoms. The Morgan fingerprint density at radius 2 is 2.29 bits per heavy atom. The summed E-state index contributed by atoms with van der Waals surface area (Å²) in [5, 5.41) is 6.10. The van der Waals surface area contributed by atoms with Crippen LogP contribution in [0.2, 0.25) is 0 Å². The Hall–Kier alpha value is -2.04. The van der Waals surface area contributed by atoms with Crippen LogP contribution in [0.25, 0.3) is 16.6 Å². The summed E-state index contributed by atoms with van der Waals surface area (Å²) < 4.78 is 7.12. The molecular weight excluding hydrogens is 182 g/mol. The molecule has 0 aliphatic heterocycles. The van der Waals surface area contributed by atoms with E-state index in [0.717, 1.165) is 11.3 Å². The summed E-state index contributed by atoms with van der Waals surface area (Å²) in [6.45, 7) is 1.87. The molecule has 0 fully saturated rings. The number of fused-ring (bicyclic) bond motifs is 3. The molecule has 3 aromatic rings.